The normalized spacial score (nSPS) is 11.4. The predicted octanol–water partition coefficient (Wildman–Crippen LogP) is 4.61. The lowest BCUT2D eigenvalue weighted by molar-refractivity contribution is -0.113. The number of nitrogens with zero attached hydrogens (tertiary/aromatic N) is 3. The third kappa shape index (κ3) is 3.23. The van der Waals surface area contributed by atoms with Crippen LogP contribution >= 0.6 is 11.8 Å². The van der Waals surface area contributed by atoms with Crippen molar-refractivity contribution in [2.75, 3.05) is 11.1 Å². The second-order valence-corrected chi connectivity index (χ2v) is 7.91. The number of aromatic nitrogens is 3. The zero-order chi connectivity index (χ0) is 20.7. The quantitative estimate of drug-likeness (QED) is 0.335. The second kappa shape index (κ2) is 7.35. The summed E-state index contributed by atoms with van der Waals surface area (Å²) in [5.41, 5.74) is 4.92. The third-order valence-corrected chi connectivity index (χ3v) is 5.83. The standard InChI is InChI=1S/C23H16N4O2S/c1-13(28)14-8-10-16(11-9-14)24-19(29)12-30-23-25-21-17-6-2-4-15-5-3-7-18(20(15)17)22(21)26-27-23/h2-11H,12H2,1H3,(H,24,29). The number of fused-ring (bicyclic) bond motifs is 3. The highest BCUT2D eigenvalue weighted by molar-refractivity contribution is 7.99. The van der Waals surface area contributed by atoms with E-state index in [1.165, 1.54) is 18.7 Å². The molecule has 1 aliphatic carbocycles. The van der Waals surface area contributed by atoms with Crippen LogP contribution in [0.1, 0.15) is 17.3 Å². The molecule has 5 rings (SSSR count). The lowest BCUT2D eigenvalue weighted by atomic mass is 10.0. The van der Waals surface area contributed by atoms with E-state index in [1.807, 2.05) is 24.3 Å². The molecule has 0 saturated carbocycles. The van der Waals surface area contributed by atoms with Crippen molar-refractivity contribution in [2.24, 2.45) is 0 Å². The van der Waals surface area contributed by atoms with E-state index in [2.05, 4.69) is 32.6 Å². The van der Waals surface area contributed by atoms with Crippen molar-refractivity contribution in [3.63, 3.8) is 0 Å². The highest BCUT2D eigenvalue weighted by Gasteiger charge is 2.25. The Morgan fingerprint density at radius 3 is 2.30 bits per heavy atom. The monoisotopic (exact) mass is 412 g/mol. The molecule has 0 unspecified atom stereocenters. The zero-order valence-corrected chi connectivity index (χ0v) is 16.9. The first-order valence-electron chi connectivity index (χ1n) is 9.41. The van der Waals surface area contributed by atoms with Gasteiger partial charge < -0.3 is 5.32 Å². The van der Waals surface area contributed by atoms with E-state index in [1.54, 1.807) is 24.3 Å². The van der Waals surface area contributed by atoms with Crippen LogP contribution in [0.2, 0.25) is 0 Å². The molecule has 1 N–H and O–H groups in total. The Hall–Kier alpha value is -3.58. The summed E-state index contributed by atoms with van der Waals surface area (Å²) in [5, 5.41) is 14.2. The lowest BCUT2D eigenvalue weighted by Gasteiger charge is -2.06. The highest BCUT2D eigenvalue weighted by atomic mass is 32.2. The predicted molar refractivity (Wildman–Crippen MR) is 118 cm³/mol. The van der Waals surface area contributed by atoms with Crippen molar-refractivity contribution in [1.82, 2.24) is 15.2 Å². The number of anilines is 1. The van der Waals surface area contributed by atoms with E-state index < -0.39 is 0 Å². The van der Waals surface area contributed by atoms with Crippen molar-refractivity contribution in [1.29, 1.82) is 0 Å². The summed E-state index contributed by atoms with van der Waals surface area (Å²) in [6.07, 6.45) is 0. The Bertz CT molecular complexity index is 1310. The first-order valence-corrected chi connectivity index (χ1v) is 10.4. The maximum absolute atomic E-state index is 12.3. The highest BCUT2D eigenvalue weighted by Crippen LogP contribution is 2.44. The number of carbonyl (C=O) groups is 2. The van der Waals surface area contributed by atoms with Gasteiger partial charge in [-0.05, 0) is 36.6 Å². The maximum Gasteiger partial charge on any atom is 0.234 e. The van der Waals surface area contributed by atoms with Gasteiger partial charge in [-0.25, -0.2) is 4.98 Å². The Morgan fingerprint density at radius 1 is 0.900 bits per heavy atom. The molecule has 1 aliphatic rings. The van der Waals surface area contributed by atoms with E-state index in [9.17, 15) is 9.59 Å². The first kappa shape index (κ1) is 18.4. The zero-order valence-electron chi connectivity index (χ0n) is 16.0. The molecule has 1 amide bonds. The Morgan fingerprint density at radius 2 is 1.60 bits per heavy atom. The van der Waals surface area contributed by atoms with Crippen molar-refractivity contribution in [3.05, 3.63) is 66.2 Å². The number of nitrogens with one attached hydrogen (secondary N) is 1. The van der Waals surface area contributed by atoms with Gasteiger partial charge in [0, 0.05) is 27.8 Å². The van der Waals surface area contributed by atoms with Crippen LogP contribution in [0.15, 0.2) is 65.8 Å². The van der Waals surface area contributed by atoms with E-state index >= 15 is 0 Å². The summed E-state index contributed by atoms with van der Waals surface area (Å²) in [6.45, 7) is 1.51. The van der Waals surface area contributed by atoms with Gasteiger partial charge in [-0.1, -0.05) is 48.2 Å². The van der Waals surface area contributed by atoms with E-state index in [0.717, 1.165) is 33.3 Å². The van der Waals surface area contributed by atoms with Crippen LogP contribution in [-0.2, 0) is 4.79 Å². The molecule has 4 aromatic rings. The molecule has 3 aromatic carbocycles. The van der Waals surface area contributed by atoms with Crippen LogP contribution in [0, 0.1) is 0 Å². The number of ketones is 1. The number of carbonyl (C=O) groups excluding carboxylic acids is 2. The molecule has 0 radical (unpaired) electrons. The van der Waals surface area contributed by atoms with Gasteiger partial charge in [0.15, 0.2) is 5.78 Å². The number of hydrogen-bond acceptors (Lipinski definition) is 6. The van der Waals surface area contributed by atoms with Gasteiger partial charge in [0.05, 0.1) is 5.75 Å². The molecule has 0 atom stereocenters. The molecule has 0 fully saturated rings. The minimum atomic E-state index is -0.176. The van der Waals surface area contributed by atoms with Gasteiger partial charge in [-0.2, -0.15) is 0 Å². The molecule has 6 nitrogen and oxygen atoms in total. The summed E-state index contributed by atoms with van der Waals surface area (Å²) in [5.74, 6) is -0.0286. The summed E-state index contributed by atoms with van der Waals surface area (Å²) in [7, 11) is 0. The number of benzene rings is 3. The SMILES string of the molecule is CC(=O)c1ccc(NC(=O)CSc2nnc3c(n2)-c2cccc4cccc-3c24)cc1. The minimum absolute atomic E-state index is 0.0115. The molecule has 1 aromatic heterocycles. The molecule has 1 heterocycles. The summed E-state index contributed by atoms with van der Waals surface area (Å²) in [4.78, 5) is 28.3. The van der Waals surface area contributed by atoms with Crippen LogP contribution in [0.3, 0.4) is 0 Å². The van der Waals surface area contributed by atoms with Gasteiger partial charge in [0.1, 0.15) is 11.4 Å². The fourth-order valence-electron chi connectivity index (χ4n) is 3.59. The van der Waals surface area contributed by atoms with Crippen LogP contribution in [0.4, 0.5) is 5.69 Å². The Labute approximate surface area is 176 Å². The fourth-order valence-corrected chi connectivity index (χ4v) is 4.18. The lowest BCUT2D eigenvalue weighted by Crippen LogP contribution is -2.14. The van der Waals surface area contributed by atoms with Crippen LogP contribution in [0.5, 0.6) is 0 Å². The summed E-state index contributed by atoms with van der Waals surface area (Å²) in [6, 6.07) is 19.0. The van der Waals surface area contributed by atoms with E-state index in [4.69, 9.17) is 0 Å². The average Bonchev–Trinajstić information content (AvgIpc) is 3.08. The molecule has 0 spiro atoms. The molecule has 0 aliphatic heterocycles. The summed E-state index contributed by atoms with van der Waals surface area (Å²) < 4.78 is 0. The van der Waals surface area contributed by atoms with Gasteiger partial charge >= 0.3 is 0 Å². The topological polar surface area (TPSA) is 84.8 Å². The molecule has 146 valence electrons. The third-order valence-electron chi connectivity index (χ3n) is 4.99. The smallest absolute Gasteiger partial charge is 0.234 e. The van der Waals surface area contributed by atoms with E-state index in [-0.39, 0.29) is 17.4 Å². The fraction of sp³-hybridized carbons (Fsp3) is 0.0870. The van der Waals surface area contributed by atoms with Crippen LogP contribution in [0.25, 0.3) is 33.3 Å². The molecular formula is C23H16N4O2S. The van der Waals surface area contributed by atoms with Crippen molar-refractivity contribution >= 4 is 39.9 Å². The van der Waals surface area contributed by atoms with Gasteiger partial charge in [-0.3, -0.25) is 9.59 Å². The Kier molecular flexibility index (Phi) is 4.52. The average molecular weight is 412 g/mol. The number of amides is 1. The molecule has 7 heteroatoms. The minimum Gasteiger partial charge on any atom is -0.325 e. The first-order chi connectivity index (χ1) is 14.6. The van der Waals surface area contributed by atoms with E-state index in [0.29, 0.717) is 16.4 Å². The number of hydrogen-bond donors (Lipinski definition) is 1. The van der Waals surface area contributed by atoms with Crippen molar-refractivity contribution < 1.29 is 9.59 Å². The van der Waals surface area contributed by atoms with Crippen LogP contribution < -0.4 is 5.32 Å². The molecule has 0 bridgehead atoms. The van der Waals surface area contributed by atoms with Gasteiger partial charge in [0.2, 0.25) is 11.1 Å². The number of rotatable bonds is 5. The second-order valence-electron chi connectivity index (χ2n) is 6.97. The van der Waals surface area contributed by atoms with Crippen LogP contribution in [-0.4, -0.2) is 32.6 Å². The maximum atomic E-state index is 12.3. The van der Waals surface area contributed by atoms with Gasteiger partial charge in [0.25, 0.3) is 0 Å². The molecular weight excluding hydrogens is 396 g/mol. The molecule has 30 heavy (non-hydrogen) atoms. The van der Waals surface area contributed by atoms with Gasteiger partial charge in [-0.15, -0.1) is 10.2 Å². The van der Waals surface area contributed by atoms with Crippen molar-refractivity contribution in [3.8, 4) is 22.5 Å². The van der Waals surface area contributed by atoms with Crippen molar-refractivity contribution in [2.45, 2.75) is 12.1 Å². The summed E-state index contributed by atoms with van der Waals surface area (Å²) >= 11 is 1.24. The largest absolute Gasteiger partial charge is 0.325 e. The Balaban J connectivity index is 1.31. The number of thioether (sulfide) groups is 1. The molecule has 0 saturated heterocycles. The number of Topliss-reactive ketones (excluding diaryl/α,β-unsaturated/α-hetero) is 1.